The van der Waals surface area contributed by atoms with Crippen LogP contribution in [0.2, 0.25) is 0 Å². The lowest BCUT2D eigenvalue weighted by Crippen LogP contribution is -2.63. The van der Waals surface area contributed by atoms with E-state index in [0.29, 0.717) is 13.1 Å². The van der Waals surface area contributed by atoms with Crippen molar-refractivity contribution in [3.05, 3.63) is 0 Å². The monoisotopic (exact) mass is 368 g/mol. The normalized spacial score (nSPS) is 21.9. The first-order valence-corrected chi connectivity index (χ1v) is 10.1. The van der Waals surface area contributed by atoms with E-state index in [-0.39, 0.29) is 29.9 Å². The van der Waals surface area contributed by atoms with Crippen LogP contribution in [0.15, 0.2) is 0 Å². The summed E-state index contributed by atoms with van der Waals surface area (Å²) in [6.45, 7) is 10.3. The van der Waals surface area contributed by atoms with Crippen LogP contribution in [-0.2, 0) is 19.1 Å². The zero-order valence-corrected chi connectivity index (χ0v) is 17.1. The van der Waals surface area contributed by atoms with Crippen LogP contribution < -0.4 is 0 Å². The van der Waals surface area contributed by atoms with E-state index in [0.717, 1.165) is 44.9 Å². The quantitative estimate of drug-likeness (QED) is 0.415. The maximum absolute atomic E-state index is 12.7. The summed E-state index contributed by atoms with van der Waals surface area (Å²) in [6, 6.07) is -0.768. The molecule has 3 atom stereocenters. The molecule has 1 heterocycles. The first-order valence-electron chi connectivity index (χ1n) is 10.1. The van der Waals surface area contributed by atoms with Crippen molar-refractivity contribution in [2.45, 2.75) is 97.8 Å². The lowest BCUT2D eigenvalue weighted by Gasteiger charge is -2.43. The topological polar surface area (TPSA) is 66.9 Å². The van der Waals surface area contributed by atoms with E-state index in [1.165, 1.54) is 6.92 Å². The van der Waals surface area contributed by atoms with Crippen molar-refractivity contribution in [2.24, 2.45) is 0 Å². The minimum Gasteiger partial charge on any atom is -0.463 e. The van der Waals surface area contributed by atoms with Gasteiger partial charge >= 0.3 is 5.97 Å². The summed E-state index contributed by atoms with van der Waals surface area (Å²) in [7, 11) is 0. The second-order valence-corrected chi connectivity index (χ2v) is 7.39. The van der Waals surface area contributed by atoms with Gasteiger partial charge in [-0.25, -0.2) is 0 Å². The molecule has 1 aliphatic heterocycles. The Labute approximate surface area is 158 Å². The van der Waals surface area contributed by atoms with Gasteiger partial charge in [0.05, 0.1) is 6.10 Å². The Morgan fingerprint density at radius 3 is 1.92 bits per heavy atom. The van der Waals surface area contributed by atoms with Crippen LogP contribution in [0.25, 0.3) is 0 Å². The third-order valence-corrected chi connectivity index (χ3v) is 5.10. The Kier molecular flexibility index (Phi) is 9.66. The molecule has 0 spiro atoms. The number of amides is 2. The van der Waals surface area contributed by atoms with Crippen LogP contribution in [0.3, 0.4) is 0 Å². The van der Waals surface area contributed by atoms with E-state index in [1.807, 2.05) is 20.8 Å². The molecule has 6 heteroatoms. The number of nitrogens with zero attached hydrogens (tertiary/aromatic N) is 2. The van der Waals surface area contributed by atoms with Gasteiger partial charge in [-0.15, -0.1) is 0 Å². The van der Waals surface area contributed by atoms with E-state index in [1.54, 1.807) is 9.80 Å². The molecule has 0 bridgehead atoms. The number of rotatable bonds is 11. The van der Waals surface area contributed by atoms with Gasteiger partial charge in [-0.2, -0.15) is 0 Å². The van der Waals surface area contributed by atoms with Gasteiger partial charge in [0.25, 0.3) is 0 Å². The summed E-state index contributed by atoms with van der Waals surface area (Å²) in [4.78, 5) is 39.8. The van der Waals surface area contributed by atoms with Gasteiger partial charge in [-0.1, -0.05) is 26.2 Å². The zero-order valence-electron chi connectivity index (χ0n) is 17.1. The van der Waals surface area contributed by atoms with E-state index in [2.05, 4.69) is 6.92 Å². The van der Waals surface area contributed by atoms with Crippen LogP contribution in [-0.4, -0.2) is 58.9 Å². The highest BCUT2D eigenvalue weighted by Crippen LogP contribution is 2.20. The standard InChI is InChI=1S/C20H36N2O4/c1-6-7-8-10-13-21-16(3)20(25)22(17(4)19(21)24)14-11-9-12-15(2)26-18(5)23/h15-17H,6-14H2,1-5H3/t15-,16?,17?/m1/s1. The lowest BCUT2D eigenvalue weighted by atomic mass is 10.0. The van der Waals surface area contributed by atoms with Crippen LogP contribution in [0, 0.1) is 0 Å². The van der Waals surface area contributed by atoms with Crippen molar-refractivity contribution < 1.29 is 19.1 Å². The summed E-state index contributed by atoms with van der Waals surface area (Å²) >= 11 is 0. The largest absolute Gasteiger partial charge is 0.463 e. The molecule has 0 aromatic carbocycles. The molecule has 1 aliphatic rings. The maximum Gasteiger partial charge on any atom is 0.302 e. The second kappa shape index (κ2) is 11.2. The molecule has 0 radical (unpaired) electrons. The van der Waals surface area contributed by atoms with Crippen molar-refractivity contribution in [1.29, 1.82) is 0 Å². The van der Waals surface area contributed by atoms with E-state index < -0.39 is 6.04 Å². The molecular formula is C20H36N2O4. The maximum atomic E-state index is 12.7. The number of esters is 1. The van der Waals surface area contributed by atoms with Gasteiger partial charge in [0, 0.05) is 20.0 Å². The molecule has 2 unspecified atom stereocenters. The number of carbonyl (C=O) groups is 3. The van der Waals surface area contributed by atoms with Crippen molar-refractivity contribution in [3.63, 3.8) is 0 Å². The summed E-state index contributed by atoms with van der Waals surface area (Å²) in [5, 5.41) is 0. The number of hydrogen-bond acceptors (Lipinski definition) is 4. The molecule has 6 nitrogen and oxygen atoms in total. The van der Waals surface area contributed by atoms with E-state index in [9.17, 15) is 14.4 Å². The molecule has 26 heavy (non-hydrogen) atoms. The first kappa shape index (κ1) is 22.5. The first-order chi connectivity index (χ1) is 12.3. The lowest BCUT2D eigenvalue weighted by molar-refractivity contribution is -0.160. The zero-order chi connectivity index (χ0) is 19.7. The number of piperazine rings is 1. The number of hydrogen-bond donors (Lipinski definition) is 0. The van der Waals surface area contributed by atoms with E-state index >= 15 is 0 Å². The number of ether oxygens (including phenoxy) is 1. The van der Waals surface area contributed by atoms with Gasteiger partial charge in [0.1, 0.15) is 12.1 Å². The minimum absolute atomic E-state index is 0.0422. The Morgan fingerprint density at radius 1 is 0.962 bits per heavy atom. The molecule has 0 aromatic heterocycles. The van der Waals surface area contributed by atoms with Crippen molar-refractivity contribution >= 4 is 17.8 Å². The van der Waals surface area contributed by atoms with E-state index in [4.69, 9.17) is 4.74 Å². The summed E-state index contributed by atoms with van der Waals surface area (Å²) in [5.74, 6) is -0.168. The third-order valence-electron chi connectivity index (χ3n) is 5.10. The Balaban J connectivity index is 2.47. The van der Waals surface area contributed by atoms with Gasteiger partial charge in [-0.3, -0.25) is 14.4 Å². The summed E-state index contributed by atoms with van der Waals surface area (Å²) in [5.41, 5.74) is 0. The SMILES string of the molecule is CCCCCCN1C(=O)C(C)N(CCCC[C@@H](C)OC(C)=O)C(=O)C1C. The molecule has 0 N–H and O–H groups in total. The Bertz CT molecular complexity index is 480. The third kappa shape index (κ3) is 6.61. The van der Waals surface area contributed by atoms with Crippen LogP contribution in [0.4, 0.5) is 0 Å². The van der Waals surface area contributed by atoms with Gasteiger partial charge in [0.15, 0.2) is 0 Å². The van der Waals surface area contributed by atoms with Crippen molar-refractivity contribution in [2.75, 3.05) is 13.1 Å². The van der Waals surface area contributed by atoms with Crippen LogP contribution >= 0.6 is 0 Å². The number of unbranched alkanes of at least 4 members (excludes halogenated alkanes) is 4. The second-order valence-electron chi connectivity index (χ2n) is 7.39. The molecule has 0 saturated carbocycles. The summed E-state index contributed by atoms with van der Waals surface area (Å²) < 4.78 is 5.11. The van der Waals surface area contributed by atoms with Gasteiger partial charge < -0.3 is 14.5 Å². The van der Waals surface area contributed by atoms with Gasteiger partial charge in [0.2, 0.25) is 11.8 Å². The molecule has 0 aromatic rings. The molecule has 2 amide bonds. The average molecular weight is 369 g/mol. The Morgan fingerprint density at radius 2 is 1.46 bits per heavy atom. The smallest absolute Gasteiger partial charge is 0.302 e. The van der Waals surface area contributed by atoms with Crippen LogP contribution in [0.1, 0.15) is 79.6 Å². The fourth-order valence-electron chi connectivity index (χ4n) is 3.50. The highest BCUT2D eigenvalue weighted by molar-refractivity contribution is 5.96. The predicted molar refractivity (Wildman–Crippen MR) is 102 cm³/mol. The van der Waals surface area contributed by atoms with Crippen LogP contribution in [0.5, 0.6) is 0 Å². The minimum atomic E-state index is -0.393. The molecule has 150 valence electrons. The molecular weight excluding hydrogens is 332 g/mol. The highest BCUT2D eigenvalue weighted by atomic mass is 16.5. The average Bonchev–Trinajstić information content (AvgIpc) is 2.58. The predicted octanol–water partition coefficient (Wildman–Crippen LogP) is 3.14. The number of carbonyl (C=O) groups excluding carboxylic acids is 3. The van der Waals surface area contributed by atoms with Crippen molar-refractivity contribution in [3.8, 4) is 0 Å². The summed E-state index contributed by atoms with van der Waals surface area (Å²) in [6.07, 6.45) is 6.69. The highest BCUT2D eigenvalue weighted by Gasteiger charge is 2.40. The molecule has 0 aliphatic carbocycles. The molecule has 1 fully saturated rings. The van der Waals surface area contributed by atoms with Crippen molar-refractivity contribution in [1.82, 2.24) is 9.80 Å². The molecule has 1 rings (SSSR count). The van der Waals surface area contributed by atoms with Gasteiger partial charge in [-0.05, 0) is 46.5 Å². The Hall–Kier alpha value is -1.59. The fraction of sp³-hybridized carbons (Fsp3) is 0.850. The molecule has 1 saturated heterocycles. The fourth-order valence-corrected chi connectivity index (χ4v) is 3.50.